The van der Waals surface area contributed by atoms with Gasteiger partial charge in [-0.05, 0) is 17.6 Å². The van der Waals surface area contributed by atoms with Gasteiger partial charge in [0, 0.05) is 7.11 Å². The normalized spacial score (nSPS) is 12.4. The standard InChI is InChI=1S/C9H12BFO5/c1-15-7-4-5(10(13)14)3-6(11)8(7)9(12)16-2/h3-4,9,12-14H,1-2H3. The highest BCUT2D eigenvalue weighted by molar-refractivity contribution is 6.58. The fourth-order valence-corrected chi connectivity index (χ4v) is 1.29. The molecule has 0 bridgehead atoms. The molecule has 1 unspecified atom stereocenters. The van der Waals surface area contributed by atoms with Gasteiger partial charge in [0.1, 0.15) is 11.6 Å². The summed E-state index contributed by atoms with van der Waals surface area (Å²) in [6.07, 6.45) is -1.47. The number of aliphatic hydroxyl groups is 1. The zero-order chi connectivity index (χ0) is 12.3. The molecular formula is C9H12BFO5. The van der Waals surface area contributed by atoms with Crippen molar-refractivity contribution in [2.45, 2.75) is 6.29 Å². The molecule has 16 heavy (non-hydrogen) atoms. The van der Waals surface area contributed by atoms with Crippen molar-refractivity contribution >= 4 is 12.6 Å². The van der Waals surface area contributed by atoms with Gasteiger partial charge in [0.15, 0.2) is 6.29 Å². The number of hydrogen-bond donors (Lipinski definition) is 3. The summed E-state index contributed by atoms with van der Waals surface area (Å²) in [5.41, 5.74) is -0.254. The van der Waals surface area contributed by atoms with Crippen LogP contribution in [0, 0.1) is 5.82 Å². The van der Waals surface area contributed by atoms with Gasteiger partial charge in [0.25, 0.3) is 0 Å². The van der Waals surface area contributed by atoms with Crippen LogP contribution in [0.25, 0.3) is 0 Å². The molecule has 0 aliphatic carbocycles. The molecule has 0 aliphatic rings. The average molecular weight is 230 g/mol. The van der Waals surface area contributed by atoms with Gasteiger partial charge in [-0.25, -0.2) is 4.39 Å². The van der Waals surface area contributed by atoms with Crippen molar-refractivity contribution in [1.29, 1.82) is 0 Å². The number of methoxy groups -OCH3 is 2. The van der Waals surface area contributed by atoms with Crippen LogP contribution in [0.5, 0.6) is 5.75 Å². The molecule has 1 aromatic carbocycles. The fourth-order valence-electron chi connectivity index (χ4n) is 1.29. The van der Waals surface area contributed by atoms with Crippen molar-refractivity contribution in [3.05, 3.63) is 23.5 Å². The molecule has 1 rings (SSSR count). The summed E-state index contributed by atoms with van der Waals surface area (Å²) in [5, 5.41) is 27.2. The van der Waals surface area contributed by atoms with E-state index in [1.807, 2.05) is 0 Å². The predicted octanol–water partition coefficient (Wildman–Crippen LogP) is -0.849. The highest BCUT2D eigenvalue weighted by Crippen LogP contribution is 2.27. The van der Waals surface area contributed by atoms with Crippen LogP contribution in [0.4, 0.5) is 4.39 Å². The summed E-state index contributed by atoms with van der Waals surface area (Å²) in [4.78, 5) is 0. The number of ether oxygens (including phenoxy) is 2. The zero-order valence-corrected chi connectivity index (χ0v) is 8.85. The molecule has 0 spiro atoms. The molecule has 0 radical (unpaired) electrons. The molecule has 0 saturated carbocycles. The van der Waals surface area contributed by atoms with E-state index in [0.29, 0.717) is 0 Å². The number of halogens is 1. The van der Waals surface area contributed by atoms with E-state index >= 15 is 0 Å². The topological polar surface area (TPSA) is 79.2 Å². The maximum atomic E-state index is 13.6. The van der Waals surface area contributed by atoms with Crippen molar-refractivity contribution < 1.29 is 29.0 Å². The summed E-state index contributed by atoms with van der Waals surface area (Å²) in [6.45, 7) is 0. The van der Waals surface area contributed by atoms with Crippen molar-refractivity contribution in [1.82, 2.24) is 0 Å². The Morgan fingerprint density at radius 3 is 2.38 bits per heavy atom. The van der Waals surface area contributed by atoms with Crippen molar-refractivity contribution in [3.63, 3.8) is 0 Å². The molecule has 3 N–H and O–H groups in total. The van der Waals surface area contributed by atoms with E-state index in [1.54, 1.807) is 0 Å². The van der Waals surface area contributed by atoms with Gasteiger partial charge in [0.05, 0.1) is 12.7 Å². The molecule has 0 amide bonds. The summed E-state index contributed by atoms with van der Waals surface area (Å²) in [7, 11) is 0.671. The van der Waals surface area contributed by atoms with E-state index in [-0.39, 0.29) is 16.8 Å². The summed E-state index contributed by atoms with van der Waals surface area (Å²) < 4.78 is 23.0. The Morgan fingerprint density at radius 1 is 1.31 bits per heavy atom. The molecular weight excluding hydrogens is 218 g/mol. The summed E-state index contributed by atoms with van der Waals surface area (Å²) in [6, 6.07) is 2.11. The monoisotopic (exact) mass is 230 g/mol. The number of rotatable bonds is 4. The largest absolute Gasteiger partial charge is 0.496 e. The van der Waals surface area contributed by atoms with Crippen LogP contribution in [0.1, 0.15) is 11.9 Å². The Balaban J connectivity index is 3.28. The van der Waals surface area contributed by atoms with Gasteiger partial charge in [0.2, 0.25) is 0 Å². The molecule has 88 valence electrons. The van der Waals surface area contributed by atoms with Gasteiger partial charge >= 0.3 is 7.12 Å². The minimum absolute atomic E-state index is 0.0162. The Kier molecular flexibility index (Phi) is 4.25. The minimum Gasteiger partial charge on any atom is -0.496 e. The van der Waals surface area contributed by atoms with Gasteiger partial charge in [-0.2, -0.15) is 0 Å². The van der Waals surface area contributed by atoms with E-state index in [0.717, 1.165) is 6.07 Å². The first kappa shape index (κ1) is 12.9. The molecule has 0 heterocycles. The maximum Gasteiger partial charge on any atom is 0.488 e. The number of aliphatic hydroxyl groups excluding tert-OH is 1. The van der Waals surface area contributed by atoms with E-state index in [1.165, 1.54) is 20.3 Å². The third-order valence-corrected chi connectivity index (χ3v) is 2.10. The van der Waals surface area contributed by atoms with Gasteiger partial charge < -0.3 is 24.6 Å². The summed E-state index contributed by atoms with van der Waals surface area (Å²) >= 11 is 0. The molecule has 0 aromatic heterocycles. The minimum atomic E-state index is -1.81. The Hall–Kier alpha value is -1.15. The van der Waals surface area contributed by atoms with Crippen LogP contribution in [-0.2, 0) is 4.74 Å². The van der Waals surface area contributed by atoms with Gasteiger partial charge in [-0.15, -0.1) is 0 Å². The first-order chi connectivity index (χ1) is 7.51. The lowest BCUT2D eigenvalue weighted by molar-refractivity contribution is -0.0802. The smallest absolute Gasteiger partial charge is 0.488 e. The Labute approximate surface area is 92.2 Å². The van der Waals surface area contributed by atoms with Crippen molar-refractivity contribution in [2.75, 3.05) is 14.2 Å². The lowest BCUT2D eigenvalue weighted by Gasteiger charge is -2.15. The number of benzene rings is 1. The van der Waals surface area contributed by atoms with Crippen molar-refractivity contribution in [2.24, 2.45) is 0 Å². The van der Waals surface area contributed by atoms with Crippen LogP contribution in [-0.4, -0.2) is 36.5 Å². The Bertz CT molecular complexity index is 371. The molecule has 0 fully saturated rings. The highest BCUT2D eigenvalue weighted by Gasteiger charge is 2.22. The first-order valence-electron chi connectivity index (χ1n) is 4.45. The average Bonchev–Trinajstić information content (AvgIpc) is 2.26. The van der Waals surface area contributed by atoms with Crippen LogP contribution < -0.4 is 10.2 Å². The van der Waals surface area contributed by atoms with Crippen LogP contribution in [0.3, 0.4) is 0 Å². The van der Waals surface area contributed by atoms with E-state index in [4.69, 9.17) is 14.8 Å². The molecule has 5 nitrogen and oxygen atoms in total. The van der Waals surface area contributed by atoms with Gasteiger partial charge in [-0.3, -0.25) is 0 Å². The zero-order valence-electron chi connectivity index (χ0n) is 8.85. The Morgan fingerprint density at radius 2 is 1.94 bits per heavy atom. The van der Waals surface area contributed by atoms with E-state index < -0.39 is 19.2 Å². The quantitative estimate of drug-likeness (QED) is 0.463. The van der Waals surface area contributed by atoms with Crippen LogP contribution >= 0.6 is 0 Å². The first-order valence-corrected chi connectivity index (χ1v) is 4.45. The fraction of sp³-hybridized carbons (Fsp3) is 0.333. The number of hydrogen-bond acceptors (Lipinski definition) is 5. The van der Waals surface area contributed by atoms with Crippen molar-refractivity contribution in [3.8, 4) is 5.75 Å². The third kappa shape index (κ3) is 2.51. The molecule has 0 saturated heterocycles. The van der Waals surface area contributed by atoms with Crippen LogP contribution in [0.15, 0.2) is 12.1 Å². The van der Waals surface area contributed by atoms with Gasteiger partial charge in [-0.1, -0.05) is 0 Å². The lowest BCUT2D eigenvalue weighted by atomic mass is 9.79. The lowest BCUT2D eigenvalue weighted by Crippen LogP contribution is -2.30. The third-order valence-electron chi connectivity index (χ3n) is 2.10. The van der Waals surface area contributed by atoms with E-state index in [9.17, 15) is 9.50 Å². The predicted molar refractivity (Wildman–Crippen MR) is 54.7 cm³/mol. The summed E-state index contributed by atoms with van der Waals surface area (Å²) in [5.74, 6) is -0.853. The molecule has 0 aliphatic heterocycles. The molecule has 1 atom stereocenters. The van der Waals surface area contributed by atoms with Crippen LogP contribution in [0.2, 0.25) is 0 Å². The maximum absolute atomic E-state index is 13.6. The highest BCUT2D eigenvalue weighted by atomic mass is 19.1. The second-order valence-corrected chi connectivity index (χ2v) is 3.08. The molecule has 7 heteroatoms. The second-order valence-electron chi connectivity index (χ2n) is 3.08. The van der Waals surface area contributed by atoms with E-state index in [2.05, 4.69) is 4.74 Å². The second kappa shape index (κ2) is 5.26. The molecule has 1 aromatic rings. The SMILES string of the molecule is COc1cc(B(O)O)cc(F)c1C(O)OC.